The molecule has 92 valence electrons. The fourth-order valence-corrected chi connectivity index (χ4v) is 2.46. The number of hydrogen-bond acceptors (Lipinski definition) is 3. The molecule has 0 saturated carbocycles. The van der Waals surface area contributed by atoms with Crippen LogP contribution in [-0.2, 0) is 9.84 Å². The van der Waals surface area contributed by atoms with Gasteiger partial charge in [-0.2, -0.15) is 18.4 Å². The van der Waals surface area contributed by atoms with E-state index in [1.165, 1.54) is 6.07 Å². The second-order valence-electron chi connectivity index (χ2n) is 2.80. The predicted octanol–water partition coefficient (Wildman–Crippen LogP) is 2.75. The molecule has 0 fully saturated rings. The van der Waals surface area contributed by atoms with E-state index in [4.69, 9.17) is 5.26 Å². The Morgan fingerprint density at radius 2 is 1.82 bits per heavy atom. The maximum Gasteiger partial charge on any atom is 0.501 e. The molecule has 1 aromatic carbocycles. The average Bonchev–Trinajstić information content (AvgIpc) is 2.19. The summed E-state index contributed by atoms with van der Waals surface area (Å²) in [4.78, 5) is -1.28. The van der Waals surface area contributed by atoms with E-state index in [1.54, 1.807) is 0 Å². The van der Waals surface area contributed by atoms with Gasteiger partial charge in [0.25, 0.3) is 9.84 Å². The van der Waals surface area contributed by atoms with E-state index >= 15 is 0 Å². The molecule has 0 atom stereocenters. The molecule has 1 rings (SSSR count). The molecule has 0 amide bonds. The molecule has 0 heterocycles. The first kappa shape index (κ1) is 13.9. The quantitative estimate of drug-likeness (QED) is 0.587. The van der Waals surface area contributed by atoms with Crippen molar-refractivity contribution in [3.8, 4) is 6.07 Å². The van der Waals surface area contributed by atoms with E-state index in [1.807, 2.05) is 0 Å². The number of rotatable bonds is 1. The number of benzene rings is 1. The molecule has 3 nitrogen and oxygen atoms in total. The van der Waals surface area contributed by atoms with Crippen LogP contribution in [-0.4, -0.2) is 13.9 Å². The summed E-state index contributed by atoms with van der Waals surface area (Å²) < 4.78 is 71.3. The van der Waals surface area contributed by atoms with Gasteiger partial charge in [0.2, 0.25) is 0 Å². The lowest BCUT2D eigenvalue weighted by Gasteiger charge is -2.10. The maximum absolute atomic E-state index is 13.0. The summed E-state index contributed by atoms with van der Waals surface area (Å²) in [6.07, 6.45) is 0. The van der Waals surface area contributed by atoms with Gasteiger partial charge in [0.1, 0.15) is 11.9 Å². The molecule has 0 spiro atoms. The van der Waals surface area contributed by atoms with Crippen LogP contribution in [0.15, 0.2) is 21.5 Å². The lowest BCUT2D eigenvalue weighted by Crippen LogP contribution is -2.24. The van der Waals surface area contributed by atoms with E-state index in [0.29, 0.717) is 12.1 Å². The largest absolute Gasteiger partial charge is 0.501 e. The van der Waals surface area contributed by atoms with Crippen molar-refractivity contribution in [2.45, 2.75) is 10.4 Å². The lowest BCUT2D eigenvalue weighted by atomic mass is 10.2. The Bertz CT molecular complexity index is 603. The van der Waals surface area contributed by atoms with Gasteiger partial charge in [-0.25, -0.2) is 12.8 Å². The Kier molecular flexibility index (Phi) is 3.50. The SMILES string of the molecule is N#Cc1c(S(=O)(=O)C(F)(F)F)ccc(F)c1Br. The highest BCUT2D eigenvalue weighted by Crippen LogP contribution is 2.35. The van der Waals surface area contributed by atoms with Crippen LogP contribution in [0, 0.1) is 17.1 Å². The molecule has 0 aromatic heterocycles. The van der Waals surface area contributed by atoms with Crippen LogP contribution in [0.2, 0.25) is 0 Å². The second kappa shape index (κ2) is 4.27. The molecule has 0 aliphatic rings. The minimum absolute atomic E-state index is 0.404. The van der Waals surface area contributed by atoms with Crippen molar-refractivity contribution in [3.63, 3.8) is 0 Å². The fourth-order valence-electron chi connectivity index (χ4n) is 0.986. The van der Waals surface area contributed by atoms with Crippen molar-refractivity contribution in [2.24, 2.45) is 0 Å². The molecule has 0 bridgehead atoms. The van der Waals surface area contributed by atoms with Gasteiger partial charge in [-0.15, -0.1) is 0 Å². The topological polar surface area (TPSA) is 57.9 Å². The zero-order chi connectivity index (χ0) is 13.4. The predicted molar refractivity (Wildman–Crippen MR) is 52.1 cm³/mol. The fraction of sp³-hybridized carbons (Fsp3) is 0.125. The Morgan fingerprint density at radius 1 is 1.29 bits per heavy atom. The molecule has 0 unspecified atom stereocenters. The van der Waals surface area contributed by atoms with Crippen LogP contribution < -0.4 is 0 Å². The molecule has 0 N–H and O–H groups in total. The van der Waals surface area contributed by atoms with Crippen molar-refractivity contribution >= 4 is 25.8 Å². The van der Waals surface area contributed by atoms with Crippen LogP contribution in [0.3, 0.4) is 0 Å². The van der Waals surface area contributed by atoms with E-state index in [2.05, 4.69) is 15.9 Å². The van der Waals surface area contributed by atoms with Crippen molar-refractivity contribution in [1.29, 1.82) is 5.26 Å². The third-order valence-corrected chi connectivity index (χ3v) is 4.07. The van der Waals surface area contributed by atoms with Crippen molar-refractivity contribution in [2.75, 3.05) is 0 Å². The molecule has 17 heavy (non-hydrogen) atoms. The van der Waals surface area contributed by atoms with Gasteiger partial charge in [-0.05, 0) is 28.1 Å². The van der Waals surface area contributed by atoms with Gasteiger partial charge in [-0.1, -0.05) is 0 Å². The summed E-state index contributed by atoms with van der Waals surface area (Å²) in [5, 5.41) is 8.57. The number of alkyl halides is 3. The monoisotopic (exact) mass is 331 g/mol. The Morgan fingerprint density at radius 3 is 2.24 bits per heavy atom. The van der Waals surface area contributed by atoms with Crippen LogP contribution in [0.5, 0.6) is 0 Å². The van der Waals surface area contributed by atoms with E-state index in [-0.39, 0.29) is 0 Å². The third-order valence-electron chi connectivity index (χ3n) is 1.76. The average molecular weight is 332 g/mol. The Balaban J connectivity index is 3.68. The molecule has 1 aromatic rings. The summed E-state index contributed by atoms with van der Waals surface area (Å²) in [5.41, 5.74) is -6.46. The first-order valence-electron chi connectivity index (χ1n) is 3.82. The molecular weight excluding hydrogens is 330 g/mol. The summed E-state index contributed by atoms with van der Waals surface area (Å²) >= 11 is 2.52. The Labute approximate surface area is 102 Å². The molecule has 0 aliphatic carbocycles. The molecule has 0 aliphatic heterocycles. The number of hydrogen-bond donors (Lipinski definition) is 0. The van der Waals surface area contributed by atoms with Gasteiger partial charge in [-0.3, -0.25) is 0 Å². The van der Waals surface area contributed by atoms with Gasteiger partial charge in [0, 0.05) is 0 Å². The smallest absolute Gasteiger partial charge is 0.214 e. The maximum atomic E-state index is 13.0. The highest BCUT2D eigenvalue weighted by Gasteiger charge is 2.48. The van der Waals surface area contributed by atoms with Crippen molar-refractivity contribution in [1.82, 2.24) is 0 Å². The number of halogens is 5. The van der Waals surface area contributed by atoms with Gasteiger partial charge >= 0.3 is 5.51 Å². The summed E-state index contributed by atoms with van der Waals surface area (Å²) in [7, 11) is -5.68. The highest BCUT2D eigenvalue weighted by atomic mass is 79.9. The Hall–Kier alpha value is -1.14. The standard InChI is InChI=1S/C8H2BrF4NO2S/c9-7-4(3-14)6(2-1-5(7)10)17(15,16)8(11,12)13/h1-2H. The normalized spacial score (nSPS) is 12.2. The van der Waals surface area contributed by atoms with Crippen LogP contribution >= 0.6 is 15.9 Å². The zero-order valence-corrected chi connectivity index (χ0v) is 10.1. The number of nitriles is 1. The molecular formula is C8H2BrF4NO2S. The second-order valence-corrected chi connectivity index (χ2v) is 5.50. The summed E-state index contributed by atoms with van der Waals surface area (Å²) in [5.74, 6) is -1.03. The lowest BCUT2D eigenvalue weighted by molar-refractivity contribution is -0.0436. The zero-order valence-electron chi connectivity index (χ0n) is 7.72. The first-order valence-corrected chi connectivity index (χ1v) is 6.10. The number of sulfone groups is 1. The molecule has 0 saturated heterocycles. The third kappa shape index (κ3) is 2.28. The number of nitrogens with zero attached hydrogens (tertiary/aromatic N) is 1. The van der Waals surface area contributed by atoms with Gasteiger partial charge in [0.15, 0.2) is 0 Å². The first-order chi connectivity index (χ1) is 7.63. The van der Waals surface area contributed by atoms with E-state index in [0.717, 1.165) is 0 Å². The minimum Gasteiger partial charge on any atom is -0.214 e. The summed E-state index contributed by atoms with van der Waals surface area (Å²) in [6.45, 7) is 0. The van der Waals surface area contributed by atoms with E-state index < -0.39 is 36.1 Å². The molecule has 0 radical (unpaired) electrons. The van der Waals surface area contributed by atoms with Gasteiger partial charge < -0.3 is 0 Å². The van der Waals surface area contributed by atoms with Crippen LogP contribution in [0.25, 0.3) is 0 Å². The molecule has 9 heteroatoms. The van der Waals surface area contributed by atoms with E-state index in [9.17, 15) is 26.0 Å². The minimum atomic E-state index is -5.68. The highest BCUT2D eigenvalue weighted by molar-refractivity contribution is 9.10. The van der Waals surface area contributed by atoms with Crippen molar-refractivity contribution in [3.05, 3.63) is 28.0 Å². The summed E-state index contributed by atoms with van der Waals surface area (Å²) in [6, 6.07) is 2.15. The van der Waals surface area contributed by atoms with Crippen molar-refractivity contribution < 1.29 is 26.0 Å². The van der Waals surface area contributed by atoms with Crippen LogP contribution in [0.1, 0.15) is 5.56 Å². The van der Waals surface area contributed by atoms with Gasteiger partial charge in [0.05, 0.1) is 14.9 Å². The van der Waals surface area contributed by atoms with Crippen LogP contribution in [0.4, 0.5) is 17.6 Å².